The summed E-state index contributed by atoms with van der Waals surface area (Å²) in [4.78, 5) is 15.3. The van der Waals surface area contributed by atoms with Gasteiger partial charge in [0.25, 0.3) is 0 Å². The van der Waals surface area contributed by atoms with Crippen LogP contribution in [0.3, 0.4) is 0 Å². The Balaban J connectivity index is 2.43. The van der Waals surface area contributed by atoms with E-state index in [-0.39, 0.29) is 0 Å². The SMILES string of the molecule is O=C1CCc2cc(Br)cnc2C1. The molecular formula is C9H8BrNO. The van der Waals surface area contributed by atoms with Crippen molar-refractivity contribution in [2.75, 3.05) is 0 Å². The summed E-state index contributed by atoms with van der Waals surface area (Å²) in [6, 6.07) is 2.05. The van der Waals surface area contributed by atoms with Crippen LogP contribution in [0.1, 0.15) is 17.7 Å². The second-order valence-electron chi connectivity index (χ2n) is 2.97. The van der Waals surface area contributed by atoms with E-state index in [0.717, 1.165) is 16.6 Å². The minimum Gasteiger partial charge on any atom is -0.299 e. The predicted molar refractivity (Wildman–Crippen MR) is 49.0 cm³/mol. The molecule has 3 heteroatoms. The Morgan fingerprint density at radius 3 is 3.08 bits per heavy atom. The molecule has 0 radical (unpaired) electrons. The van der Waals surface area contributed by atoms with Gasteiger partial charge in [0.15, 0.2) is 0 Å². The number of nitrogens with zero attached hydrogens (tertiary/aromatic N) is 1. The molecule has 2 rings (SSSR count). The number of ketones is 1. The van der Waals surface area contributed by atoms with Gasteiger partial charge in [0, 0.05) is 23.5 Å². The fourth-order valence-corrected chi connectivity index (χ4v) is 1.81. The first-order valence-electron chi connectivity index (χ1n) is 3.91. The summed E-state index contributed by atoms with van der Waals surface area (Å²) in [6.45, 7) is 0. The van der Waals surface area contributed by atoms with Crippen LogP contribution in [0, 0.1) is 0 Å². The van der Waals surface area contributed by atoms with Crippen LogP contribution < -0.4 is 0 Å². The molecule has 0 atom stereocenters. The molecule has 1 aliphatic carbocycles. The number of hydrogen-bond donors (Lipinski definition) is 0. The topological polar surface area (TPSA) is 30.0 Å². The first-order valence-corrected chi connectivity index (χ1v) is 4.70. The molecule has 1 aromatic rings. The minimum absolute atomic E-state index is 0.303. The van der Waals surface area contributed by atoms with Crippen LogP contribution in [0.5, 0.6) is 0 Å². The van der Waals surface area contributed by atoms with Gasteiger partial charge in [-0.2, -0.15) is 0 Å². The maximum absolute atomic E-state index is 11.1. The minimum atomic E-state index is 0.303. The summed E-state index contributed by atoms with van der Waals surface area (Å²) in [5.41, 5.74) is 2.17. The highest BCUT2D eigenvalue weighted by molar-refractivity contribution is 9.10. The average molecular weight is 226 g/mol. The van der Waals surface area contributed by atoms with Crippen molar-refractivity contribution in [3.63, 3.8) is 0 Å². The summed E-state index contributed by atoms with van der Waals surface area (Å²) in [5, 5.41) is 0. The highest BCUT2D eigenvalue weighted by Gasteiger charge is 2.16. The lowest BCUT2D eigenvalue weighted by molar-refractivity contribution is -0.118. The molecule has 0 aliphatic heterocycles. The maximum atomic E-state index is 11.1. The molecule has 0 amide bonds. The lowest BCUT2D eigenvalue weighted by Gasteiger charge is -2.13. The van der Waals surface area contributed by atoms with Crippen molar-refractivity contribution >= 4 is 21.7 Å². The smallest absolute Gasteiger partial charge is 0.139 e. The van der Waals surface area contributed by atoms with Gasteiger partial charge in [0.2, 0.25) is 0 Å². The zero-order chi connectivity index (χ0) is 8.55. The molecule has 1 heterocycles. The van der Waals surface area contributed by atoms with Crippen LogP contribution in [-0.4, -0.2) is 10.8 Å². The van der Waals surface area contributed by atoms with E-state index in [2.05, 4.69) is 27.0 Å². The summed E-state index contributed by atoms with van der Waals surface area (Å²) < 4.78 is 0.996. The molecular weight excluding hydrogens is 218 g/mol. The fraction of sp³-hybridized carbons (Fsp3) is 0.333. The number of aromatic nitrogens is 1. The van der Waals surface area contributed by atoms with Crippen molar-refractivity contribution in [1.82, 2.24) is 4.98 Å². The van der Waals surface area contributed by atoms with E-state index in [1.807, 2.05) is 0 Å². The van der Waals surface area contributed by atoms with Crippen molar-refractivity contribution in [3.05, 3.63) is 28.0 Å². The lowest BCUT2D eigenvalue weighted by Crippen LogP contribution is -2.14. The number of aryl methyl sites for hydroxylation is 1. The zero-order valence-corrected chi connectivity index (χ0v) is 8.10. The van der Waals surface area contributed by atoms with E-state index in [9.17, 15) is 4.79 Å². The largest absolute Gasteiger partial charge is 0.299 e. The Labute approximate surface area is 79.1 Å². The molecule has 0 saturated heterocycles. The van der Waals surface area contributed by atoms with Crippen molar-refractivity contribution in [1.29, 1.82) is 0 Å². The maximum Gasteiger partial charge on any atom is 0.139 e. The number of pyridine rings is 1. The van der Waals surface area contributed by atoms with Gasteiger partial charge in [-0.25, -0.2) is 0 Å². The number of rotatable bonds is 0. The molecule has 0 saturated carbocycles. The standard InChI is InChI=1S/C9H8BrNO/c10-7-3-6-1-2-8(12)4-9(6)11-5-7/h3,5H,1-2,4H2. The lowest BCUT2D eigenvalue weighted by atomic mass is 9.95. The number of carbonyl (C=O) groups is 1. The fourth-order valence-electron chi connectivity index (χ4n) is 1.43. The average Bonchev–Trinajstić information content (AvgIpc) is 2.05. The van der Waals surface area contributed by atoms with E-state index in [1.54, 1.807) is 6.20 Å². The van der Waals surface area contributed by atoms with Gasteiger partial charge in [0.1, 0.15) is 5.78 Å². The van der Waals surface area contributed by atoms with Gasteiger partial charge in [-0.15, -0.1) is 0 Å². The van der Waals surface area contributed by atoms with Crippen molar-refractivity contribution in [2.24, 2.45) is 0 Å². The Kier molecular flexibility index (Phi) is 1.97. The highest BCUT2D eigenvalue weighted by Crippen LogP contribution is 2.20. The quantitative estimate of drug-likeness (QED) is 0.676. The number of fused-ring (bicyclic) bond motifs is 1. The van der Waals surface area contributed by atoms with Gasteiger partial charge in [-0.1, -0.05) is 0 Å². The summed E-state index contributed by atoms with van der Waals surface area (Å²) >= 11 is 3.36. The van der Waals surface area contributed by atoms with E-state index < -0.39 is 0 Å². The first-order chi connectivity index (χ1) is 5.75. The van der Waals surface area contributed by atoms with Crippen molar-refractivity contribution in [3.8, 4) is 0 Å². The molecule has 0 N–H and O–H groups in total. The van der Waals surface area contributed by atoms with E-state index in [0.29, 0.717) is 18.6 Å². The zero-order valence-electron chi connectivity index (χ0n) is 6.51. The molecule has 0 aromatic carbocycles. The molecule has 0 fully saturated rings. The van der Waals surface area contributed by atoms with E-state index in [4.69, 9.17) is 0 Å². The molecule has 0 unspecified atom stereocenters. The van der Waals surface area contributed by atoms with Crippen LogP contribution in [0.4, 0.5) is 0 Å². The third-order valence-electron chi connectivity index (χ3n) is 2.06. The first kappa shape index (κ1) is 7.92. The third-order valence-corrected chi connectivity index (χ3v) is 2.50. The summed E-state index contributed by atoms with van der Waals surface area (Å²) in [5.74, 6) is 0.303. The van der Waals surface area contributed by atoms with Gasteiger partial charge >= 0.3 is 0 Å². The van der Waals surface area contributed by atoms with Gasteiger partial charge in [0.05, 0.1) is 5.69 Å². The molecule has 0 bridgehead atoms. The van der Waals surface area contributed by atoms with Crippen LogP contribution >= 0.6 is 15.9 Å². The second-order valence-corrected chi connectivity index (χ2v) is 3.89. The van der Waals surface area contributed by atoms with Crippen molar-refractivity contribution in [2.45, 2.75) is 19.3 Å². The van der Waals surface area contributed by atoms with Crippen LogP contribution in [0.15, 0.2) is 16.7 Å². The predicted octanol–water partition coefficient (Wildman–Crippen LogP) is 1.90. The molecule has 1 aliphatic rings. The Hall–Kier alpha value is -0.700. The number of carbonyl (C=O) groups excluding carboxylic acids is 1. The molecule has 0 spiro atoms. The number of Topliss-reactive ketones (excluding diaryl/α,β-unsaturated/α-hetero) is 1. The van der Waals surface area contributed by atoms with E-state index in [1.165, 1.54) is 5.56 Å². The van der Waals surface area contributed by atoms with Crippen LogP contribution in [0.25, 0.3) is 0 Å². The highest BCUT2D eigenvalue weighted by atomic mass is 79.9. The second kappa shape index (κ2) is 2.98. The molecule has 2 nitrogen and oxygen atoms in total. The summed E-state index contributed by atoms with van der Waals surface area (Å²) in [7, 11) is 0. The normalized spacial score (nSPS) is 15.9. The van der Waals surface area contributed by atoms with Gasteiger partial charge in [-0.05, 0) is 34.0 Å². The van der Waals surface area contributed by atoms with E-state index >= 15 is 0 Å². The summed E-state index contributed by atoms with van der Waals surface area (Å²) in [6.07, 6.45) is 3.78. The Morgan fingerprint density at radius 2 is 2.25 bits per heavy atom. The molecule has 62 valence electrons. The molecule has 1 aromatic heterocycles. The van der Waals surface area contributed by atoms with Gasteiger partial charge in [-0.3, -0.25) is 9.78 Å². The van der Waals surface area contributed by atoms with Crippen molar-refractivity contribution < 1.29 is 4.79 Å². The van der Waals surface area contributed by atoms with Crippen LogP contribution in [-0.2, 0) is 17.6 Å². The monoisotopic (exact) mass is 225 g/mol. The number of halogens is 1. The Morgan fingerprint density at radius 1 is 1.42 bits per heavy atom. The van der Waals surface area contributed by atoms with Crippen LogP contribution in [0.2, 0.25) is 0 Å². The third kappa shape index (κ3) is 1.41. The molecule has 12 heavy (non-hydrogen) atoms. The Bertz CT molecular complexity index is 335. The number of hydrogen-bond acceptors (Lipinski definition) is 2. The van der Waals surface area contributed by atoms with Gasteiger partial charge < -0.3 is 0 Å².